The smallest absolute Gasteiger partial charge is 0.0917 e. The van der Waals surface area contributed by atoms with E-state index in [1.807, 2.05) is 0 Å². The maximum atomic E-state index is 10.8. The van der Waals surface area contributed by atoms with E-state index in [4.69, 9.17) is 4.74 Å². The molecular formula is C31H50O2. The molecule has 0 aromatic rings. The SMILES string of the molecule is CC[C@]1(C)O[C@@H]1CC[C@@H](C)[C@H]1CC[C@@]2(C)C3=CC[C@H]4C(C)(C)[C@@H](O)CC[C@]4(C)C3=CC[C@]12C. The van der Waals surface area contributed by atoms with Crippen LogP contribution in [-0.4, -0.2) is 22.9 Å². The van der Waals surface area contributed by atoms with Crippen LogP contribution >= 0.6 is 0 Å². The molecule has 1 heterocycles. The second kappa shape index (κ2) is 7.45. The molecular weight excluding hydrogens is 404 g/mol. The molecule has 0 bridgehead atoms. The highest BCUT2D eigenvalue weighted by molar-refractivity contribution is 5.49. The van der Waals surface area contributed by atoms with Crippen LogP contribution in [0.25, 0.3) is 0 Å². The molecule has 0 amide bonds. The van der Waals surface area contributed by atoms with Gasteiger partial charge in [0.25, 0.3) is 0 Å². The summed E-state index contributed by atoms with van der Waals surface area (Å²) in [6, 6.07) is 0. The van der Waals surface area contributed by atoms with Gasteiger partial charge in [0, 0.05) is 0 Å². The van der Waals surface area contributed by atoms with Gasteiger partial charge in [-0.15, -0.1) is 0 Å². The molecule has 1 aliphatic heterocycles. The molecule has 2 nitrogen and oxygen atoms in total. The second-order valence-corrected chi connectivity index (χ2v) is 14.2. The van der Waals surface area contributed by atoms with E-state index in [1.165, 1.54) is 32.1 Å². The fraction of sp³-hybridized carbons (Fsp3) is 0.871. The Labute approximate surface area is 203 Å². The molecule has 186 valence electrons. The molecule has 5 aliphatic rings. The molecule has 1 N–H and O–H groups in total. The number of aliphatic hydroxyl groups excluding tert-OH is 1. The van der Waals surface area contributed by atoms with E-state index in [2.05, 4.69) is 67.5 Å². The zero-order chi connectivity index (χ0) is 24.0. The molecule has 0 radical (unpaired) electrons. The lowest BCUT2D eigenvalue weighted by atomic mass is 9.44. The van der Waals surface area contributed by atoms with Crippen LogP contribution < -0.4 is 0 Å². The summed E-state index contributed by atoms with van der Waals surface area (Å²) in [5.74, 6) is 2.09. The average Bonchev–Trinajstić information content (AvgIpc) is 3.33. The van der Waals surface area contributed by atoms with E-state index in [0.717, 1.165) is 37.5 Å². The van der Waals surface area contributed by atoms with Crippen molar-refractivity contribution in [1.29, 1.82) is 0 Å². The number of rotatable bonds is 5. The molecule has 3 fully saturated rings. The minimum Gasteiger partial charge on any atom is -0.393 e. The van der Waals surface area contributed by atoms with Gasteiger partial charge < -0.3 is 9.84 Å². The van der Waals surface area contributed by atoms with Crippen LogP contribution in [0.3, 0.4) is 0 Å². The lowest BCUT2D eigenvalue weighted by molar-refractivity contribution is -0.0851. The van der Waals surface area contributed by atoms with Gasteiger partial charge in [-0.1, -0.05) is 60.6 Å². The lowest BCUT2D eigenvalue weighted by Gasteiger charge is -2.61. The zero-order valence-electron chi connectivity index (χ0n) is 22.8. The highest BCUT2D eigenvalue weighted by atomic mass is 16.6. The highest BCUT2D eigenvalue weighted by Crippen LogP contribution is 2.71. The van der Waals surface area contributed by atoms with Crippen molar-refractivity contribution in [3.05, 3.63) is 23.3 Å². The number of ether oxygens (including phenoxy) is 1. The summed E-state index contributed by atoms with van der Waals surface area (Å²) in [4.78, 5) is 0. The molecule has 9 atom stereocenters. The Morgan fingerprint density at radius 1 is 1.03 bits per heavy atom. The van der Waals surface area contributed by atoms with Gasteiger partial charge in [-0.2, -0.15) is 0 Å². The predicted molar refractivity (Wildman–Crippen MR) is 137 cm³/mol. The molecule has 1 saturated heterocycles. The highest BCUT2D eigenvalue weighted by Gasteiger charge is 2.63. The monoisotopic (exact) mass is 454 g/mol. The van der Waals surface area contributed by atoms with E-state index >= 15 is 0 Å². The van der Waals surface area contributed by atoms with Crippen molar-refractivity contribution >= 4 is 0 Å². The lowest BCUT2D eigenvalue weighted by Crippen LogP contribution is -2.54. The minimum atomic E-state index is -0.169. The normalized spacial score (nSPS) is 51.1. The average molecular weight is 455 g/mol. The zero-order valence-corrected chi connectivity index (χ0v) is 22.8. The van der Waals surface area contributed by atoms with Crippen LogP contribution in [0, 0.1) is 39.4 Å². The van der Waals surface area contributed by atoms with E-state index in [9.17, 15) is 5.11 Å². The van der Waals surface area contributed by atoms with Crippen LogP contribution in [0.5, 0.6) is 0 Å². The summed E-state index contributed by atoms with van der Waals surface area (Å²) in [7, 11) is 0. The molecule has 0 unspecified atom stereocenters. The first-order chi connectivity index (χ1) is 15.3. The molecule has 2 saturated carbocycles. The van der Waals surface area contributed by atoms with Gasteiger partial charge in [-0.05, 0) is 115 Å². The number of hydrogen-bond acceptors (Lipinski definition) is 2. The first kappa shape index (κ1) is 24.1. The van der Waals surface area contributed by atoms with Crippen molar-refractivity contribution < 1.29 is 9.84 Å². The van der Waals surface area contributed by atoms with Gasteiger partial charge in [0.05, 0.1) is 17.8 Å². The predicted octanol–water partition coefficient (Wildman–Crippen LogP) is 7.86. The Hall–Kier alpha value is -0.600. The van der Waals surface area contributed by atoms with Crippen molar-refractivity contribution in [2.24, 2.45) is 39.4 Å². The van der Waals surface area contributed by atoms with Gasteiger partial charge in [0.15, 0.2) is 0 Å². The number of allylic oxidation sites excluding steroid dienone is 4. The van der Waals surface area contributed by atoms with Crippen molar-refractivity contribution in [3.63, 3.8) is 0 Å². The maximum Gasteiger partial charge on any atom is 0.0917 e. The Kier molecular flexibility index (Phi) is 5.44. The van der Waals surface area contributed by atoms with Gasteiger partial charge >= 0.3 is 0 Å². The molecule has 0 aromatic carbocycles. The fourth-order valence-electron chi connectivity index (χ4n) is 9.53. The topological polar surface area (TPSA) is 32.8 Å². The van der Waals surface area contributed by atoms with Crippen molar-refractivity contribution in [3.8, 4) is 0 Å². The molecule has 5 rings (SSSR count). The third-order valence-corrected chi connectivity index (χ3v) is 12.6. The Balaban J connectivity index is 1.40. The van der Waals surface area contributed by atoms with Crippen LogP contribution in [0.1, 0.15) is 113 Å². The number of hydrogen-bond donors (Lipinski definition) is 1. The van der Waals surface area contributed by atoms with E-state index < -0.39 is 0 Å². The Bertz CT molecular complexity index is 868. The van der Waals surface area contributed by atoms with Crippen LogP contribution in [0.2, 0.25) is 0 Å². The van der Waals surface area contributed by atoms with Crippen LogP contribution in [0.15, 0.2) is 23.3 Å². The van der Waals surface area contributed by atoms with Gasteiger partial charge in [-0.25, -0.2) is 0 Å². The summed E-state index contributed by atoms with van der Waals surface area (Å²) in [5.41, 5.74) is 4.37. The molecule has 0 spiro atoms. The summed E-state index contributed by atoms with van der Waals surface area (Å²) >= 11 is 0. The largest absolute Gasteiger partial charge is 0.393 e. The third kappa shape index (κ3) is 3.18. The standard InChI is InChI=1S/C31H50O2/c1-9-31(8)26(33-31)13-10-20(2)21-14-18-30(7)23-11-12-24-27(3,4)25(32)16-17-28(24,5)22(23)15-19-29(21,30)6/h11,15,20-21,24-26,32H,9-10,12-14,16-19H2,1-8H3/t20-,21-,24+,25+,26-,28-,29-,30+,31+/m1/s1. The van der Waals surface area contributed by atoms with E-state index in [0.29, 0.717) is 17.4 Å². The minimum absolute atomic E-state index is 0.0118. The van der Waals surface area contributed by atoms with Crippen molar-refractivity contribution in [1.82, 2.24) is 0 Å². The van der Waals surface area contributed by atoms with Gasteiger partial charge in [0.2, 0.25) is 0 Å². The molecule has 0 aromatic heterocycles. The number of fused-ring (bicyclic) bond motifs is 5. The quantitative estimate of drug-likeness (QED) is 0.429. The van der Waals surface area contributed by atoms with Crippen molar-refractivity contribution in [2.75, 3.05) is 0 Å². The first-order valence-electron chi connectivity index (χ1n) is 14.1. The Morgan fingerprint density at radius 2 is 1.76 bits per heavy atom. The van der Waals surface area contributed by atoms with Gasteiger partial charge in [0.1, 0.15) is 0 Å². The second-order valence-electron chi connectivity index (χ2n) is 14.2. The van der Waals surface area contributed by atoms with Crippen LogP contribution in [0.4, 0.5) is 0 Å². The van der Waals surface area contributed by atoms with Gasteiger partial charge in [-0.3, -0.25) is 0 Å². The third-order valence-electron chi connectivity index (χ3n) is 12.6. The molecule has 33 heavy (non-hydrogen) atoms. The van der Waals surface area contributed by atoms with E-state index in [-0.39, 0.29) is 27.9 Å². The number of aliphatic hydroxyl groups is 1. The summed E-state index contributed by atoms with van der Waals surface area (Å²) in [6.45, 7) is 19.5. The summed E-state index contributed by atoms with van der Waals surface area (Å²) in [6.07, 6.45) is 16.4. The van der Waals surface area contributed by atoms with Crippen LogP contribution in [-0.2, 0) is 4.74 Å². The number of epoxide rings is 1. The first-order valence-corrected chi connectivity index (χ1v) is 14.1. The summed E-state index contributed by atoms with van der Waals surface area (Å²) in [5, 5.41) is 10.8. The fourth-order valence-corrected chi connectivity index (χ4v) is 9.53. The Morgan fingerprint density at radius 3 is 2.42 bits per heavy atom. The molecule has 4 aliphatic carbocycles. The maximum absolute atomic E-state index is 10.8. The molecule has 2 heteroatoms. The van der Waals surface area contributed by atoms with E-state index in [1.54, 1.807) is 11.1 Å². The summed E-state index contributed by atoms with van der Waals surface area (Å²) < 4.78 is 6.04. The van der Waals surface area contributed by atoms with Crippen molar-refractivity contribution in [2.45, 2.75) is 131 Å².